The fourth-order valence-electron chi connectivity index (χ4n) is 2.16. The highest BCUT2D eigenvalue weighted by Gasteiger charge is 2.33. The number of ether oxygens (including phenoxy) is 1. The van der Waals surface area contributed by atoms with Gasteiger partial charge in [0.05, 0.1) is 18.7 Å². The Morgan fingerprint density at radius 1 is 1.30 bits per heavy atom. The number of benzene rings is 1. The lowest BCUT2D eigenvalue weighted by Gasteiger charge is -2.11. The minimum Gasteiger partial charge on any atom is -0.494 e. The van der Waals surface area contributed by atoms with Gasteiger partial charge in [-0.05, 0) is 24.6 Å². The summed E-state index contributed by atoms with van der Waals surface area (Å²) >= 11 is 0.972. The largest absolute Gasteiger partial charge is 0.494 e. The molecule has 0 aliphatic rings. The fourth-order valence-corrected chi connectivity index (χ4v) is 2.97. The second kappa shape index (κ2) is 9.54. The van der Waals surface area contributed by atoms with Crippen LogP contribution in [0.15, 0.2) is 28.6 Å². The van der Waals surface area contributed by atoms with Crippen LogP contribution in [-0.2, 0) is 19.1 Å². The van der Waals surface area contributed by atoms with Gasteiger partial charge < -0.3 is 15.4 Å². The minimum atomic E-state index is -4.42. The molecule has 2 rings (SSSR count). The van der Waals surface area contributed by atoms with Crippen LogP contribution < -0.4 is 15.4 Å². The highest BCUT2D eigenvalue weighted by Crippen LogP contribution is 2.30. The van der Waals surface area contributed by atoms with Crippen LogP contribution in [0.25, 0.3) is 0 Å². The zero-order valence-corrected chi connectivity index (χ0v) is 15.7. The molecule has 5 nitrogen and oxygen atoms in total. The molecule has 0 spiro atoms. The molecule has 1 aromatic carbocycles. The van der Waals surface area contributed by atoms with Crippen molar-refractivity contribution in [3.8, 4) is 5.75 Å². The lowest BCUT2D eigenvalue weighted by atomic mass is 10.2. The van der Waals surface area contributed by atoms with E-state index in [0.29, 0.717) is 36.0 Å². The maximum Gasteiger partial charge on any atom is 0.434 e. The molecule has 2 N–H and O–H groups in total. The number of hydrogen-bond acceptors (Lipinski definition) is 4. The van der Waals surface area contributed by atoms with E-state index in [0.717, 1.165) is 16.7 Å². The maximum absolute atomic E-state index is 13.7. The van der Waals surface area contributed by atoms with Crippen molar-refractivity contribution in [1.29, 1.82) is 0 Å². The SMILES string of the molecule is CCNC(=NCc1ccc(OC)c(F)c1)NCCc1nc(C(F)(F)F)cs1. The second-order valence-corrected chi connectivity index (χ2v) is 6.41. The van der Waals surface area contributed by atoms with Crippen molar-refractivity contribution in [2.24, 2.45) is 4.99 Å². The first-order chi connectivity index (χ1) is 12.8. The van der Waals surface area contributed by atoms with Gasteiger partial charge in [-0.15, -0.1) is 11.3 Å². The Hall–Kier alpha value is -2.36. The first kappa shape index (κ1) is 20.9. The third-order valence-electron chi connectivity index (χ3n) is 3.45. The molecule has 27 heavy (non-hydrogen) atoms. The third-order valence-corrected chi connectivity index (χ3v) is 4.36. The Bertz CT molecular complexity index is 777. The molecule has 0 aliphatic heterocycles. The van der Waals surface area contributed by atoms with E-state index in [1.165, 1.54) is 19.2 Å². The van der Waals surface area contributed by atoms with Crippen LogP contribution >= 0.6 is 11.3 Å². The number of guanidine groups is 1. The van der Waals surface area contributed by atoms with Crippen molar-refractivity contribution >= 4 is 17.3 Å². The summed E-state index contributed by atoms with van der Waals surface area (Å²) in [6, 6.07) is 4.59. The van der Waals surface area contributed by atoms with Gasteiger partial charge in [0.15, 0.2) is 23.2 Å². The monoisotopic (exact) mass is 404 g/mol. The van der Waals surface area contributed by atoms with E-state index in [9.17, 15) is 17.6 Å². The predicted molar refractivity (Wildman–Crippen MR) is 96.6 cm³/mol. The lowest BCUT2D eigenvalue weighted by molar-refractivity contribution is -0.140. The van der Waals surface area contributed by atoms with E-state index >= 15 is 0 Å². The third kappa shape index (κ3) is 6.38. The summed E-state index contributed by atoms with van der Waals surface area (Å²) in [6.07, 6.45) is -4.09. The van der Waals surface area contributed by atoms with Gasteiger partial charge in [-0.1, -0.05) is 6.07 Å². The second-order valence-electron chi connectivity index (χ2n) is 5.47. The molecule has 0 unspecified atom stereocenters. The zero-order chi connectivity index (χ0) is 19.9. The summed E-state index contributed by atoms with van der Waals surface area (Å²) < 4.78 is 56.2. The molecular weight excluding hydrogens is 384 g/mol. The Morgan fingerprint density at radius 3 is 2.67 bits per heavy atom. The van der Waals surface area contributed by atoms with E-state index < -0.39 is 17.7 Å². The number of nitrogens with zero attached hydrogens (tertiary/aromatic N) is 2. The van der Waals surface area contributed by atoms with Gasteiger partial charge in [-0.3, -0.25) is 0 Å². The molecule has 0 atom stereocenters. The smallest absolute Gasteiger partial charge is 0.434 e. The van der Waals surface area contributed by atoms with Crippen molar-refractivity contribution < 1.29 is 22.3 Å². The summed E-state index contributed by atoms with van der Waals surface area (Å²) in [4.78, 5) is 7.93. The predicted octanol–water partition coefficient (Wildman–Crippen LogP) is 3.61. The molecule has 0 fully saturated rings. The van der Waals surface area contributed by atoms with Crippen LogP contribution in [0.3, 0.4) is 0 Å². The Morgan fingerprint density at radius 2 is 2.07 bits per heavy atom. The molecule has 1 heterocycles. The number of halogens is 4. The van der Waals surface area contributed by atoms with Gasteiger partial charge in [0.25, 0.3) is 0 Å². The molecule has 0 saturated carbocycles. The van der Waals surface area contributed by atoms with Crippen LogP contribution in [0, 0.1) is 5.82 Å². The molecular formula is C17H20F4N4OS. The molecule has 0 aliphatic carbocycles. The molecule has 1 aromatic heterocycles. The quantitative estimate of drug-likeness (QED) is 0.421. The summed E-state index contributed by atoms with van der Waals surface area (Å²) in [5, 5.41) is 7.46. The molecule has 0 radical (unpaired) electrons. The van der Waals surface area contributed by atoms with Crippen molar-refractivity contribution in [1.82, 2.24) is 15.6 Å². The molecule has 0 bridgehead atoms. The number of rotatable bonds is 7. The fraction of sp³-hybridized carbons (Fsp3) is 0.412. The minimum absolute atomic E-state index is 0.162. The van der Waals surface area contributed by atoms with Crippen molar-refractivity contribution in [3.63, 3.8) is 0 Å². The van der Waals surface area contributed by atoms with Gasteiger partial charge in [0.2, 0.25) is 0 Å². The van der Waals surface area contributed by atoms with Crippen LogP contribution in [0.5, 0.6) is 5.75 Å². The molecule has 0 saturated heterocycles. The Labute approximate surface area is 158 Å². The van der Waals surface area contributed by atoms with Gasteiger partial charge in [-0.2, -0.15) is 13.2 Å². The van der Waals surface area contributed by atoms with E-state index in [2.05, 4.69) is 20.6 Å². The van der Waals surface area contributed by atoms with Gasteiger partial charge in [0.1, 0.15) is 0 Å². The number of hydrogen-bond donors (Lipinski definition) is 2. The first-order valence-corrected chi connectivity index (χ1v) is 9.07. The highest BCUT2D eigenvalue weighted by atomic mass is 32.1. The van der Waals surface area contributed by atoms with Crippen molar-refractivity contribution in [2.45, 2.75) is 26.1 Å². The normalized spacial score (nSPS) is 12.1. The van der Waals surface area contributed by atoms with Crippen molar-refractivity contribution in [2.75, 3.05) is 20.2 Å². The summed E-state index contributed by atoms with van der Waals surface area (Å²) in [7, 11) is 1.39. The average Bonchev–Trinajstić information content (AvgIpc) is 3.09. The average molecular weight is 404 g/mol. The Balaban J connectivity index is 1.91. The topological polar surface area (TPSA) is 58.5 Å². The van der Waals surface area contributed by atoms with Gasteiger partial charge in [-0.25, -0.2) is 14.4 Å². The summed E-state index contributed by atoms with van der Waals surface area (Å²) in [5.41, 5.74) is -0.204. The van der Waals surface area contributed by atoms with Crippen LogP contribution in [0.1, 0.15) is 23.2 Å². The van der Waals surface area contributed by atoms with Gasteiger partial charge in [0, 0.05) is 24.9 Å². The van der Waals surface area contributed by atoms with E-state index in [-0.39, 0.29) is 12.3 Å². The summed E-state index contributed by atoms with van der Waals surface area (Å²) in [5.74, 6) is 0.183. The number of aliphatic imine (C=N–C) groups is 1. The highest BCUT2D eigenvalue weighted by molar-refractivity contribution is 7.09. The molecule has 2 aromatic rings. The number of aromatic nitrogens is 1. The molecule has 148 valence electrons. The molecule has 0 amide bonds. The standard InChI is InChI=1S/C17H20F4N4OS/c1-3-22-16(24-9-11-4-5-13(26-2)12(18)8-11)23-7-6-15-25-14(10-27-15)17(19,20)21/h4-5,8,10H,3,6-7,9H2,1-2H3,(H2,22,23,24). The van der Waals surface area contributed by atoms with Crippen molar-refractivity contribution in [3.05, 3.63) is 45.7 Å². The van der Waals surface area contributed by atoms with Crippen LogP contribution in [0.2, 0.25) is 0 Å². The first-order valence-electron chi connectivity index (χ1n) is 8.19. The number of thiazole rings is 1. The number of nitrogens with one attached hydrogen (secondary N) is 2. The summed E-state index contributed by atoms with van der Waals surface area (Å²) in [6.45, 7) is 3.11. The molecule has 10 heteroatoms. The van der Waals surface area contributed by atoms with Gasteiger partial charge >= 0.3 is 6.18 Å². The maximum atomic E-state index is 13.7. The lowest BCUT2D eigenvalue weighted by Crippen LogP contribution is -2.38. The number of alkyl halides is 3. The van der Waals surface area contributed by atoms with E-state index in [1.807, 2.05) is 6.92 Å². The Kier molecular flexibility index (Phi) is 7.40. The van der Waals surface area contributed by atoms with E-state index in [1.54, 1.807) is 6.07 Å². The number of methoxy groups -OCH3 is 1. The van der Waals surface area contributed by atoms with Crippen LogP contribution in [-0.4, -0.2) is 31.1 Å². The zero-order valence-electron chi connectivity index (χ0n) is 14.9. The van der Waals surface area contributed by atoms with Crippen LogP contribution in [0.4, 0.5) is 17.6 Å². The van der Waals surface area contributed by atoms with E-state index in [4.69, 9.17) is 4.74 Å².